The largest absolute Gasteiger partial charge is 0.497 e. The highest BCUT2D eigenvalue weighted by Crippen LogP contribution is 2.26. The molecular formula is C25H25N3O6S. The van der Waals surface area contributed by atoms with Crippen molar-refractivity contribution in [2.24, 2.45) is 0 Å². The van der Waals surface area contributed by atoms with Crippen molar-refractivity contribution in [3.63, 3.8) is 0 Å². The molecule has 10 heteroatoms. The van der Waals surface area contributed by atoms with Gasteiger partial charge in [-0.15, -0.1) is 11.3 Å². The highest BCUT2D eigenvalue weighted by Gasteiger charge is 2.21. The molecule has 2 aromatic heterocycles. The van der Waals surface area contributed by atoms with Crippen molar-refractivity contribution in [3.8, 4) is 0 Å². The van der Waals surface area contributed by atoms with Gasteiger partial charge in [-0.2, -0.15) is 0 Å². The molecule has 0 aliphatic heterocycles. The summed E-state index contributed by atoms with van der Waals surface area (Å²) in [5.74, 6) is 0.227. The molecular weight excluding hydrogens is 470 g/mol. The minimum atomic E-state index is -0.589. The van der Waals surface area contributed by atoms with Crippen LogP contribution in [0.3, 0.4) is 0 Å². The van der Waals surface area contributed by atoms with Crippen molar-refractivity contribution in [2.45, 2.75) is 6.42 Å². The van der Waals surface area contributed by atoms with Gasteiger partial charge in [0.1, 0.15) is 10.8 Å². The summed E-state index contributed by atoms with van der Waals surface area (Å²) >= 11 is 1.43. The van der Waals surface area contributed by atoms with E-state index in [1.165, 1.54) is 45.9 Å². The van der Waals surface area contributed by atoms with Gasteiger partial charge in [0.15, 0.2) is 11.5 Å². The van der Waals surface area contributed by atoms with Crippen LogP contribution in [0.5, 0.6) is 0 Å². The van der Waals surface area contributed by atoms with Crippen molar-refractivity contribution in [1.82, 2.24) is 15.3 Å². The molecule has 0 atom stereocenters. The molecule has 1 aliphatic carbocycles. The summed E-state index contributed by atoms with van der Waals surface area (Å²) in [6.07, 6.45) is 11.6. The Kier molecular flexibility index (Phi) is 8.58. The monoisotopic (exact) mass is 495 g/mol. The zero-order valence-electron chi connectivity index (χ0n) is 19.8. The molecule has 0 saturated carbocycles. The summed E-state index contributed by atoms with van der Waals surface area (Å²) in [5, 5.41) is 3.36. The Labute approximate surface area is 206 Å². The summed E-state index contributed by atoms with van der Waals surface area (Å²) in [5.41, 5.74) is 1.50. The van der Waals surface area contributed by atoms with Crippen LogP contribution in [0.25, 0.3) is 16.3 Å². The Morgan fingerprint density at radius 2 is 1.97 bits per heavy atom. The Morgan fingerprint density at radius 1 is 1.17 bits per heavy atom. The maximum Gasteiger partial charge on any atom is 0.337 e. The number of fused-ring (bicyclic) bond motifs is 1. The smallest absolute Gasteiger partial charge is 0.337 e. The normalized spacial score (nSPS) is 14.2. The first kappa shape index (κ1) is 25.4. The molecule has 35 heavy (non-hydrogen) atoms. The number of rotatable bonds is 9. The summed E-state index contributed by atoms with van der Waals surface area (Å²) in [7, 11) is 5.75. The molecule has 1 amide bonds. The highest BCUT2D eigenvalue weighted by molar-refractivity contribution is 7.19. The second-order valence-electron chi connectivity index (χ2n) is 7.04. The number of hydrogen-bond donors (Lipinski definition) is 1. The Balaban J connectivity index is 1.79. The van der Waals surface area contributed by atoms with E-state index in [0.717, 1.165) is 10.2 Å². The summed E-state index contributed by atoms with van der Waals surface area (Å²) in [4.78, 5) is 33.8. The maximum absolute atomic E-state index is 12.9. The van der Waals surface area contributed by atoms with Gasteiger partial charge in [0, 0.05) is 30.1 Å². The minimum Gasteiger partial charge on any atom is -0.497 e. The van der Waals surface area contributed by atoms with E-state index in [4.69, 9.17) is 18.9 Å². The van der Waals surface area contributed by atoms with Gasteiger partial charge in [-0.05, 0) is 30.4 Å². The van der Waals surface area contributed by atoms with E-state index in [0.29, 0.717) is 34.3 Å². The number of allylic oxidation sites excluding steroid dienone is 2. The number of carbonyl (C=O) groups excluding carboxylic acids is 2. The van der Waals surface area contributed by atoms with Crippen LogP contribution in [0.15, 0.2) is 83.5 Å². The lowest BCUT2D eigenvalue weighted by Gasteiger charge is -2.12. The second kappa shape index (κ2) is 11.8. The van der Waals surface area contributed by atoms with Gasteiger partial charge in [0.2, 0.25) is 0 Å². The van der Waals surface area contributed by atoms with Crippen LogP contribution in [0.4, 0.5) is 0 Å². The number of aromatic nitrogens is 2. The van der Waals surface area contributed by atoms with Gasteiger partial charge in [-0.1, -0.05) is 12.7 Å². The van der Waals surface area contributed by atoms with E-state index < -0.39 is 11.9 Å². The number of amides is 1. The van der Waals surface area contributed by atoms with E-state index in [-0.39, 0.29) is 11.3 Å². The van der Waals surface area contributed by atoms with Gasteiger partial charge in [0.05, 0.1) is 44.2 Å². The average molecular weight is 496 g/mol. The Bertz CT molecular complexity index is 1270. The third kappa shape index (κ3) is 6.24. The lowest BCUT2D eigenvalue weighted by molar-refractivity contribution is -0.135. The average Bonchev–Trinajstić information content (AvgIpc) is 3.19. The molecule has 1 N–H and O–H groups in total. The van der Waals surface area contributed by atoms with E-state index >= 15 is 0 Å². The van der Waals surface area contributed by atoms with Crippen LogP contribution in [0, 0.1) is 0 Å². The zero-order valence-corrected chi connectivity index (χ0v) is 20.6. The molecule has 0 saturated heterocycles. The number of pyridine rings is 1. The van der Waals surface area contributed by atoms with Crippen molar-refractivity contribution in [3.05, 3.63) is 88.5 Å². The number of nitrogens with one attached hydrogen (secondary N) is 1. The highest BCUT2D eigenvalue weighted by atomic mass is 32.1. The molecule has 2 heterocycles. The Morgan fingerprint density at radius 3 is 2.63 bits per heavy atom. The first-order valence-corrected chi connectivity index (χ1v) is 11.2. The molecule has 0 radical (unpaired) electrons. The van der Waals surface area contributed by atoms with Crippen LogP contribution in [0.1, 0.15) is 11.4 Å². The maximum atomic E-state index is 12.9. The third-order valence-corrected chi connectivity index (χ3v) is 5.81. The number of hydrogen-bond acceptors (Lipinski definition) is 9. The number of esters is 1. The van der Waals surface area contributed by atoms with Gasteiger partial charge in [-0.3, -0.25) is 9.78 Å². The zero-order chi connectivity index (χ0) is 25.4. The van der Waals surface area contributed by atoms with Crippen LogP contribution in [0.2, 0.25) is 0 Å². The topological polar surface area (TPSA) is 109 Å². The van der Waals surface area contributed by atoms with E-state index in [1.54, 1.807) is 36.7 Å². The molecule has 1 aliphatic rings. The van der Waals surface area contributed by atoms with Gasteiger partial charge in [0.25, 0.3) is 5.91 Å². The molecule has 0 fully saturated rings. The standard InChI is InChI=1S/C25H25N3O6S/c1-15(27-24(29)16-6-8-19(31-2)23(33-4)20(13-16)32-3)12-17(25(30)34-5)7-9-22-28-18-10-11-26-14-21(18)35-22/h6-7,9-14H,1,8H2,2-5H3,(H,27,29)/b9-7+,17-12+. The first-order chi connectivity index (χ1) is 16.9. The number of nitrogens with zero attached hydrogens (tertiary/aromatic N) is 2. The molecule has 0 aromatic carbocycles. The van der Waals surface area contributed by atoms with Crippen molar-refractivity contribution in [2.75, 3.05) is 28.4 Å². The summed E-state index contributed by atoms with van der Waals surface area (Å²) < 4.78 is 21.9. The van der Waals surface area contributed by atoms with E-state index in [1.807, 2.05) is 6.07 Å². The molecule has 182 valence electrons. The van der Waals surface area contributed by atoms with Gasteiger partial charge >= 0.3 is 5.97 Å². The summed E-state index contributed by atoms with van der Waals surface area (Å²) in [6.45, 7) is 3.85. The fourth-order valence-electron chi connectivity index (χ4n) is 3.16. The molecule has 2 aromatic rings. The molecule has 0 spiro atoms. The molecule has 3 rings (SSSR count). The van der Waals surface area contributed by atoms with Crippen LogP contribution < -0.4 is 5.32 Å². The van der Waals surface area contributed by atoms with Gasteiger partial charge < -0.3 is 24.3 Å². The first-order valence-electron chi connectivity index (χ1n) is 10.4. The Hall–Kier alpha value is -4.18. The minimum absolute atomic E-state index is 0.183. The van der Waals surface area contributed by atoms with E-state index in [2.05, 4.69) is 21.9 Å². The van der Waals surface area contributed by atoms with Crippen molar-refractivity contribution < 1.29 is 28.5 Å². The predicted octanol–water partition coefficient (Wildman–Crippen LogP) is 3.80. The fraction of sp³-hybridized carbons (Fsp3) is 0.200. The van der Waals surface area contributed by atoms with Crippen LogP contribution in [-0.4, -0.2) is 50.3 Å². The molecule has 0 bridgehead atoms. The quantitative estimate of drug-likeness (QED) is 0.318. The predicted molar refractivity (Wildman–Crippen MR) is 133 cm³/mol. The molecule has 0 unspecified atom stereocenters. The van der Waals surface area contributed by atoms with Crippen molar-refractivity contribution >= 4 is 39.5 Å². The number of thiazole rings is 1. The van der Waals surface area contributed by atoms with E-state index in [9.17, 15) is 9.59 Å². The summed E-state index contributed by atoms with van der Waals surface area (Å²) in [6, 6.07) is 1.81. The fourth-order valence-corrected chi connectivity index (χ4v) is 4.00. The number of methoxy groups -OCH3 is 4. The lowest BCUT2D eigenvalue weighted by atomic mass is 10.1. The van der Waals surface area contributed by atoms with Crippen LogP contribution >= 0.6 is 11.3 Å². The number of ether oxygens (including phenoxy) is 4. The number of carbonyl (C=O) groups is 2. The second-order valence-corrected chi connectivity index (χ2v) is 8.10. The van der Waals surface area contributed by atoms with Crippen LogP contribution in [-0.2, 0) is 28.5 Å². The lowest BCUT2D eigenvalue weighted by Crippen LogP contribution is -2.23. The van der Waals surface area contributed by atoms with Gasteiger partial charge in [-0.25, -0.2) is 9.78 Å². The van der Waals surface area contributed by atoms with Crippen molar-refractivity contribution in [1.29, 1.82) is 0 Å². The SMILES string of the molecule is C=C(/C=C(\C=C\c1nc2ccncc2s1)C(=O)OC)NC(=O)C1=CCC(OC)=C(OC)C(OC)=C1. The molecule has 9 nitrogen and oxygen atoms in total. The third-order valence-electron chi connectivity index (χ3n) is 4.84.